The molecule has 1 saturated heterocycles. The predicted molar refractivity (Wildman–Crippen MR) is 144 cm³/mol. The van der Waals surface area contributed by atoms with Gasteiger partial charge >= 0.3 is 0 Å². The topological polar surface area (TPSA) is 0 Å². The highest BCUT2D eigenvalue weighted by Gasteiger charge is 2.41. The lowest BCUT2D eigenvalue weighted by atomic mass is 9.79. The van der Waals surface area contributed by atoms with Crippen LogP contribution in [0.3, 0.4) is 0 Å². The monoisotopic (exact) mass is 438 g/mol. The van der Waals surface area contributed by atoms with E-state index in [0.29, 0.717) is 22.3 Å². The van der Waals surface area contributed by atoms with E-state index in [4.69, 9.17) is 0 Å². The number of hydrogen-bond acceptors (Lipinski definition) is 1. The van der Waals surface area contributed by atoms with Crippen LogP contribution >= 0.6 is 11.8 Å². The minimum absolute atomic E-state index is 0.540. The summed E-state index contributed by atoms with van der Waals surface area (Å²) in [4.78, 5) is 0. The van der Waals surface area contributed by atoms with Crippen LogP contribution in [-0.2, 0) is 0 Å². The summed E-state index contributed by atoms with van der Waals surface area (Å²) >= 11 is 2.13. The molecule has 1 aliphatic heterocycles. The molecule has 5 aromatic rings. The highest BCUT2D eigenvalue weighted by Crippen LogP contribution is 2.50. The second-order valence-electron chi connectivity index (χ2n) is 9.64. The van der Waals surface area contributed by atoms with Gasteiger partial charge in [0.2, 0.25) is 0 Å². The summed E-state index contributed by atoms with van der Waals surface area (Å²) in [7, 11) is 0. The van der Waals surface area contributed by atoms with Crippen LogP contribution < -0.4 is 10.4 Å². The second kappa shape index (κ2) is 6.62. The molecule has 4 atom stereocenters. The average Bonchev–Trinajstić information content (AvgIpc) is 3.22. The quantitative estimate of drug-likeness (QED) is 0.268. The van der Waals surface area contributed by atoms with Gasteiger partial charge in [-0.3, -0.25) is 0 Å². The Kier molecular flexibility index (Phi) is 3.64. The van der Waals surface area contributed by atoms with Gasteiger partial charge in [0.25, 0.3) is 0 Å². The van der Waals surface area contributed by atoms with Gasteiger partial charge in [-0.15, -0.1) is 11.8 Å². The Morgan fingerprint density at radius 3 is 2.18 bits per heavy atom. The molecule has 1 fully saturated rings. The zero-order valence-electron chi connectivity index (χ0n) is 18.1. The molecule has 0 bridgehead atoms. The molecular formula is C32H22S. The smallest absolute Gasteiger partial charge is 0.0311 e. The lowest BCUT2D eigenvalue weighted by Gasteiger charge is -2.24. The van der Waals surface area contributed by atoms with E-state index in [1.54, 1.807) is 0 Å². The zero-order chi connectivity index (χ0) is 21.5. The van der Waals surface area contributed by atoms with Crippen molar-refractivity contribution >= 4 is 61.8 Å². The highest BCUT2D eigenvalue weighted by molar-refractivity contribution is 8.01. The first-order chi connectivity index (χ1) is 16.3. The SMILES string of the molecule is C1=CC2SC3C=c4ccccc4=CC3C2C=C1c1cc2cccc3ccc4cccc1c4c32. The molecule has 2 aliphatic carbocycles. The van der Waals surface area contributed by atoms with E-state index < -0.39 is 0 Å². The molecule has 0 radical (unpaired) electrons. The van der Waals surface area contributed by atoms with Gasteiger partial charge in [-0.05, 0) is 60.0 Å². The van der Waals surface area contributed by atoms with Gasteiger partial charge in [-0.1, -0.05) is 103 Å². The Bertz CT molecular complexity index is 1770. The van der Waals surface area contributed by atoms with E-state index in [9.17, 15) is 0 Å². The third-order valence-electron chi connectivity index (χ3n) is 7.89. The van der Waals surface area contributed by atoms with Gasteiger partial charge in [0.15, 0.2) is 0 Å². The predicted octanol–water partition coefficient (Wildman–Crippen LogP) is 6.53. The van der Waals surface area contributed by atoms with Crippen molar-refractivity contribution in [3.63, 3.8) is 0 Å². The van der Waals surface area contributed by atoms with Crippen LogP contribution in [-0.4, -0.2) is 10.5 Å². The number of fused-ring (bicyclic) bond motifs is 4. The summed E-state index contributed by atoms with van der Waals surface area (Å²) in [5.74, 6) is 1.10. The van der Waals surface area contributed by atoms with Gasteiger partial charge in [0.05, 0.1) is 0 Å². The maximum absolute atomic E-state index is 2.58. The molecule has 0 nitrogen and oxygen atoms in total. The average molecular weight is 439 g/mol. The number of rotatable bonds is 1. The molecule has 33 heavy (non-hydrogen) atoms. The summed E-state index contributed by atoms with van der Waals surface area (Å²) in [6.45, 7) is 0. The van der Waals surface area contributed by atoms with E-state index in [2.05, 4.69) is 121 Å². The highest BCUT2D eigenvalue weighted by atomic mass is 32.2. The van der Waals surface area contributed by atoms with Crippen LogP contribution in [0, 0.1) is 11.8 Å². The molecule has 3 aliphatic rings. The molecule has 4 unspecified atom stereocenters. The number of benzene rings is 5. The van der Waals surface area contributed by atoms with Crippen molar-refractivity contribution in [2.75, 3.05) is 0 Å². The molecule has 8 rings (SSSR count). The van der Waals surface area contributed by atoms with Gasteiger partial charge in [0.1, 0.15) is 0 Å². The van der Waals surface area contributed by atoms with Crippen molar-refractivity contribution in [1.82, 2.24) is 0 Å². The molecule has 0 amide bonds. The zero-order valence-corrected chi connectivity index (χ0v) is 18.9. The van der Waals surface area contributed by atoms with Crippen molar-refractivity contribution in [3.8, 4) is 0 Å². The first kappa shape index (κ1) is 18.2. The molecular weight excluding hydrogens is 416 g/mol. The summed E-state index contributed by atoms with van der Waals surface area (Å²) in [6, 6.07) is 29.3. The molecule has 1 heterocycles. The fraction of sp³-hybridized carbons (Fsp3) is 0.125. The minimum Gasteiger partial charge on any atom is -0.145 e. The van der Waals surface area contributed by atoms with E-state index in [1.807, 2.05) is 0 Å². The minimum atomic E-state index is 0.540. The third kappa shape index (κ3) is 2.55. The van der Waals surface area contributed by atoms with Gasteiger partial charge in [-0.2, -0.15) is 0 Å². The van der Waals surface area contributed by atoms with Crippen molar-refractivity contribution in [2.24, 2.45) is 11.8 Å². The lowest BCUT2D eigenvalue weighted by Crippen LogP contribution is -2.34. The van der Waals surface area contributed by atoms with Crippen LogP contribution in [0.15, 0.2) is 97.1 Å². The van der Waals surface area contributed by atoms with Crippen LogP contribution in [0.1, 0.15) is 5.56 Å². The fourth-order valence-electron chi connectivity index (χ4n) is 6.38. The Hall–Kier alpha value is -3.29. The number of thioether (sulfide) groups is 1. The molecule has 0 saturated carbocycles. The fourth-order valence-corrected chi connectivity index (χ4v) is 8.02. The molecule has 156 valence electrons. The van der Waals surface area contributed by atoms with Gasteiger partial charge in [-0.25, -0.2) is 0 Å². The van der Waals surface area contributed by atoms with Crippen molar-refractivity contribution < 1.29 is 0 Å². The molecule has 0 spiro atoms. The van der Waals surface area contributed by atoms with Crippen LogP contribution in [0.2, 0.25) is 0 Å². The Labute approximate surface area is 197 Å². The van der Waals surface area contributed by atoms with Crippen LogP contribution in [0.25, 0.3) is 50.0 Å². The van der Waals surface area contributed by atoms with Crippen molar-refractivity contribution in [3.05, 3.63) is 113 Å². The molecule has 0 N–H and O–H groups in total. The van der Waals surface area contributed by atoms with E-state index in [-0.39, 0.29) is 0 Å². The van der Waals surface area contributed by atoms with E-state index in [0.717, 1.165) is 0 Å². The lowest BCUT2D eigenvalue weighted by molar-refractivity contribution is 0.561. The first-order valence-corrected chi connectivity index (χ1v) is 12.8. The molecule has 1 heteroatoms. The summed E-state index contributed by atoms with van der Waals surface area (Å²) in [6.07, 6.45) is 12.5. The Morgan fingerprint density at radius 2 is 1.30 bits per heavy atom. The van der Waals surface area contributed by atoms with E-state index in [1.165, 1.54) is 53.9 Å². The third-order valence-corrected chi connectivity index (χ3v) is 9.44. The number of allylic oxidation sites excluding steroid dienone is 3. The summed E-state index contributed by atoms with van der Waals surface area (Å²) < 4.78 is 0. The Balaban J connectivity index is 1.34. The first-order valence-electron chi connectivity index (χ1n) is 11.8. The Morgan fingerprint density at radius 1 is 0.576 bits per heavy atom. The van der Waals surface area contributed by atoms with Crippen molar-refractivity contribution in [1.29, 1.82) is 0 Å². The largest absolute Gasteiger partial charge is 0.145 e. The maximum Gasteiger partial charge on any atom is 0.0311 e. The second-order valence-corrected chi connectivity index (χ2v) is 11.0. The van der Waals surface area contributed by atoms with Crippen LogP contribution in [0.4, 0.5) is 0 Å². The molecule has 5 aromatic carbocycles. The number of hydrogen-bond donors (Lipinski definition) is 0. The summed E-state index contributed by atoms with van der Waals surface area (Å²) in [5, 5.41) is 12.1. The van der Waals surface area contributed by atoms with Crippen molar-refractivity contribution in [2.45, 2.75) is 10.5 Å². The normalized spacial score (nSPS) is 25.4. The summed E-state index contributed by atoms with van der Waals surface area (Å²) in [5.41, 5.74) is 2.75. The van der Waals surface area contributed by atoms with Gasteiger partial charge in [0, 0.05) is 22.3 Å². The standard InChI is InChI=1S/C32H22S/c1-2-6-22-18-30-28(15-21(22)5-1)27-16-23(13-14-29(27)33-30)26-17-24-9-3-7-19-11-12-20-8-4-10-25(26)32(20)31(19)24/h1-18,27-30H. The van der Waals surface area contributed by atoms with Gasteiger partial charge < -0.3 is 0 Å². The maximum atomic E-state index is 2.58. The molecule has 0 aromatic heterocycles. The van der Waals surface area contributed by atoms with Crippen LogP contribution in [0.5, 0.6) is 0 Å². The van der Waals surface area contributed by atoms with E-state index >= 15 is 0 Å².